The molecule has 1 aromatic rings. The van der Waals surface area contributed by atoms with Crippen molar-refractivity contribution in [3.63, 3.8) is 0 Å². The van der Waals surface area contributed by atoms with E-state index in [2.05, 4.69) is 0 Å². The first-order valence-corrected chi connectivity index (χ1v) is 10.3. The normalized spacial score (nSPS) is 21.4. The molecule has 0 unspecified atom stereocenters. The summed E-state index contributed by atoms with van der Waals surface area (Å²) in [4.78, 5) is 26.8. The third-order valence-electron chi connectivity index (χ3n) is 4.80. The molecule has 27 heavy (non-hydrogen) atoms. The average Bonchev–Trinajstić information content (AvgIpc) is 2.59. The van der Waals surface area contributed by atoms with Gasteiger partial charge in [-0.25, -0.2) is 18.4 Å². The summed E-state index contributed by atoms with van der Waals surface area (Å²) in [5, 5.41) is 5.11. The minimum atomic E-state index is -4.00. The Morgan fingerprint density at radius 2 is 1.81 bits per heavy atom. The number of carbonyl (C=O) groups excluding carboxylic acids is 2. The van der Waals surface area contributed by atoms with Crippen LogP contribution in [0.4, 0.5) is 0 Å². The van der Waals surface area contributed by atoms with Gasteiger partial charge >= 0.3 is 5.97 Å². The van der Waals surface area contributed by atoms with Crippen LogP contribution in [-0.2, 0) is 19.6 Å². The predicted molar refractivity (Wildman–Crippen MR) is 98.9 cm³/mol. The number of nitrogens with zero attached hydrogens (tertiary/aromatic N) is 1. The minimum Gasteiger partial charge on any atom is -0.496 e. The van der Waals surface area contributed by atoms with Gasteiger partial charge in [0.05, 0.1) is 12.0 Å². The van der Waals surface area contributed by atoms with E-state index < -0.39 is 22.1 Å². The number of primary sulfonamides is 1. The van der Waals surface area contributed by atoms with Crippen molar-refractivity contribution in [1.82, 2.24) is 4.90 Å². The fourth-order valence-corrected chi connectivity index (χ4v) is 3.90. The third kappa shape index (κ3) is 4.78. The van der Waals surface area contributed by atoms with E-state index >= 15 is 0 Å². The molecular weight excluding hydrogens is 372 g/mol. The number of rotatable bonds is 5. The van der Waals surface area contributed by atoms with Gasteiger partial charge in [-0.3, -0.25) is 4.79 Å². The second-order valence-electron chi connectivity index (χ2n) is 6.83. The lowest BCUT2D eigenvalue weighted by Gasteiger charge is -2.40. The number of ether oxygens (including phenoxy) is 2. The molecule has 1 aromatic carbocycles. The van der Waals surface area contributed by atoms with Crippen molar-refractivity contribution < 1.29 is 27.5 Å². The summed E-state index contributed by atoms with van der Waals surface area (Å²) in [7, 11) is -2.66. The number of likely N-dealkylation sites (tertiary alicyclic amines) is 1. The van der Waals surface area contributed by atoms with E-state index in [1.807, 2.05) is 13.8 Å². The highest BCUT2D eigenvalue weighted by molar-refractivity contribution is 7.89. The number of hydrogen-bond acceptors (Lipinski definition) is 6. The lowest BCUT2D eigenvalue weighted by Crippen LogP contribution is -2.51. The van der Waals surface area contributed by atoms with Gasteiger partial charge in [-0.1, -0.05) is 0 Å². The van der Waals surface area contributed by atoms with Crippen LogP contribution in [0.15, 0.2) is 23.1 Å². The fraction of sp³-hybridized carbons (Fsp3) is 0.556. The number of amides is 1. The number of nitrogens with two attached hydrogens (primary N) is 1. The molecule has 1 aliphatic rings. The molecule has 1 fully saturated rings. The Morgan fingerprint density at radius 1 is 1.22 bits per heavy atom. The summed E-state index contributed by atoms with van der Waals surface area (Å²) in [5.74, 6) is -0.994. The first kappa shape index (κ1) is 21.2. The summed E-state index contributed by atoms with van der Waals surface area (Å²) in [6, 6.07) is 3.78. The Hall–Kier alpha value is -2.13. The van der Waals surface area contributed by atoms with E-state index in [0.717, 1.165) is 25.3 Å². The molecule has 1 amide bonds. The Kier molecular flexibility index (Phi) is 6.48. The molecule has 1 heterocycles. The summed E-state index contributed by atoms with van der Waals surface area (Å²) < 4.78 is 33.5. The zero-order valence-corrected chi connectivity index (χ0v) is 16.8. The van der Waals surface area contributed by atoms with Gasteiger partial charge in [0.15, 0.2) is 6.10 Å². The number of esters is 1. The van der Waals surface area contributed by atoms with E-state index in [9.17, 15) is 18.0 Å². The van der Waals surface area contributed by atoms with Gasteiger partial charge in [0.25, 0.3) is 5.91 Å². The lowest BCUT2D eigenvalue weighted by atomic mass is 9.97. The second kappa shape index (κ2) is 8.26. The Morgan fingerprint density at radius 3 is 2.33 bits per heavy atom. The largest absolute Gasteiger partial charge is 0.496 e. The highest BCUT2D eigenvalue weighted by Gasteiger charge is 2.33. The van der Waals surface area contributed by atoms with Gasteiger partial charge in [-0.15, -0.1) is 0 Å². The molecule has 150 valence electrons. The topological polar surface area (TPSA) is 116 Å². The molecule has 1 saturated heterocycles. The highest BCUT2D eigenvalue weighted by atomic mass is 32.2. The van der Waals surface area contributed by atoms with Crippen LogP contribution in [0.5, 0.6) is 5.75 Å². The maximum Gasteiger partial charge on any atom is 0.342 e. The highest BCUT2D eigenvalue weighted by Crippen LogP contribution is 2.26. The zero-order valence-electron chi connectivity index (χ0n) is 16.0. The molecule has 0 aliphatic carbocycles. The number of hydrogen-bond donors (Lipinski definition) is 1. The molecule has 1 aliphatic heterocycles. The van der Waals surface area contributed by atoms with Gasteiger partial charge in [0.2, 0.25) is 10.0 Å². The second-order valence-corrected chi connectivity index (χ2v) is 8.39. The first-order chi connectivity index (χ1) is 12.6. The quantitative estimate of drug-likeness (QED) is 0.755. The van der Waals surface area contributed by atoms with Crippen molar-refractivity contribution in [2.75, 3.05) is 7.11 Å². The standard InChI is InChI=1S/C18H26N2O6S/c1-11-6-5-7-12(2)20(11)17(21)13(3)26-18(22)15-10-14(27(19,23)24)8-9-16(15)25-4/h8-13H,5-7H2,1-4H3,(H2,19,23,24)/t11-,12+,13-/m1/s1. The molecule has 0 radical (unpaired) electrons. The van der Waals surface area contributed by atoms with Gasteiger partial charge in [-0.05, 0) is 58.2 Å². The minimum absolute atomic E-state index is 0.0719. The van der Waals surface area contributed by atoms with Crippen molar-refractivity contribution >= 4 is 21.9 Å². The summed E-state index contributed by atoms with van der Waals surface area (Å²) >= 11 is 0. The third-order valence-corrected chi connectivity index (χ3v) is 5.71. The molecule has 0 bridgehead atoms. The fourth-order valence-electron chi connectivity index (χ4n) is 3.36. The van der Waals surface area contributed by atoms with Crippen LogP contribution in [0, 0.1) is 0 Å². The van der Waals surface area contributed by atoms with Crippen LogP contribution in [-0.4, -0.2) is 50.5 Å². The van der Waals surface area contributed by atoms with E-state index in [1.54, 1.807) is 4.90 Å². The number of sulfonamides is 1. The number of carbonyl (C=O) groups is 2. The molecule has 2 N–H and O–H groups in total. The Bertz CT molecular complexity index is 813. The van der Waals surface area contributed by atoms with Crippen LogP contribution in [0.25, 0.3) is 0 Å². The van der Waals surface area contributed by atoms with Crippen molar-refractivity contribution in [3.05, 3.63) is 23.8 Å². The van der Waals surface area contributed by atoms with E-state index in [-0.39, 0.29) is 34.2 Å². The predicted octanol–water partition coefficient (Wildman–Crippen LogP) is 1.68. The van der Waals surface area contributed by atoms with Gasteiger partial charge in [0.1, 0.15) is 11.3 Å². The molecule has 2 rings (SSSR count). The molecule has 8 nitrogen and oxygen atoms in total. The number of methoxy groups -OCH3 is 1. The van der Waals surface area contributed by atoms with Gasteiger partial charge in [0, 0.05) is 12.1 Å². The van der Waals surface area contributed by atoms with Crippen molar-refractivity contribution in [1.29, 1.82) is 0 Å². The first-order valence-electron chi connectivity index (χ1n) is 8.80. The molecule has 9 heteroatoms. The molecule has 0 aromatic heterocycles. The van der Waals surface area contributed by atoms with Crippen LogP contribution in [0.3, 0.4) is 0 Å². The maximum atomic E-state index is 12.8. The van der Waals surface area contributed by atoms with Gasteiger partial charge < -0.3 is 14.4 Å². The van der Waals surface area contributed by atoms with E-state index in [0.29, 0.717) is 0 Å². The zero-order chi connectivity index (χ0) is 20.4. The Labute approximate surface area is 159 Å². The van der Waals surface area contributed by atoms with Crippen LogP contribution >= 0.6 is 0 Å². The Balaban J connectivity index is 2.22. The SMILES string of the molecule is COc1ccc(S(N)(=O)=O)cc1C(=O)O[C@H](C)C(=O)N1[C@H](C)CCC[C@@H]1C. The molecule has 0 spiro atoms. The van der Waals surface area contributed by atoms with Crippen molar-refractivity contribution in [3.8, 4) is 5.75 Å². The monoisotopic (exact) mass is 398 g/mol. The summed E-state index contributed by atoms with van der Waals surface area (Å²) in [6.45, 7) is 5.45. The van der Waals surface area contributed by atoms with Crippen molar-refractivity contribution in [2.45, 2.75) is 63.1 Å². The average molecular weight is 398 g/mol. The van der Waals surface area contributed by atoms with Crippen molar-refractivity contribution in [2.24, 2.45) is 5.14 Å². The number of benzene rings is 1. The van der Waals surface area contributed by atoms with Gasteiger partial charge in [-0.2, -0.15) is 0 Å². The smallest absolute Gasteiger partial charge is 0.342 e. The molecule has 3 atom stereocenters. The van der Waals surface area contributed by atoms with E-state index in [1.165, 1.54) is 26.2 Å². The van der Waals surface area contributed by atoms with Crippen LogP contribution in [0.1, 0.15) is 50.4 Å². The van der Waals surface area contributed by atoms with Crippen LogP contribution < -0.4 is 9.88 Å². The number of piperidine rings is 1. The maximum absolute atomic E-state index is 12.8. The summed E-state index contributed by atoms with van der Waals surface area (Å²) in [6.07, 6.45) is 1.85. The lowest BCUT2D eigenvalue weighted by molar-refractivity contribution is -0.146. The molecule has 0 saturated carbocycles. The van der Waals surface area contributed by atoms with E-state index in [4.69, 9.17) is 14.6 Å². The summed E-state index contributed by atoms with van der Waals surface area (Å²) in [5.41, 5.74) is -0.108. The molecular formula is C18H26N2O6S. The van der Waals surface area contributed by atoms with Crippen LogP contribution in [0.2, 0.25) is 0 Å².